The van der Waals surface area contributed by atoms with Crippen molar-refractivity contribution in [1.29, 1.82) is 0 Å². The van der Waals surface area contributed by atoms with Crippen LogP contribution in [0.1, 0.15) is 51.9 Å². The first-order valence-electron chi connectivity index (χ1n) is 6.62. The second-order valence-corrected chi connectivity index (χ2v) is 5.31. The van der Waals surface area contributed by atoms with Crippen LogP contribution in [-0.4, -0.2) is 40.9 Å². The number of aliphatic hydroxyl groups excluding tert-OH is 1. The van der Waals surface area contributed by atoms with E-state index in [0.717, 1.165) is 44.0 Å². The molecule has 0 saturated heterocycles. The van der Waals surface area contributed by atoms with E-state index >= 15 is 0 Å². The molecule has 0 radical (unpaired) electrons. The molecule has 1 atom stereocenters. The third kappa shape index (κ3) is 8.61. The molecule has 4 heteroatoms. The van der Waals surface area contributed by atoms with Crippen molar-refractivity contribution in [3.05, 3.63) is 0 Å². The molecule has 0 spiro atoms. The smallest absolute Gasteiger partial charge is 0.251 e. The number of carbonyl (C=O) groups is 1. The van der Waals surface area contributed by atoms with Gasteiger partial charge in [-0.2, -0.15) is 0 Å². The lowest BCUT2D eigenvalue weighted by Crippen LogP contribution is -2.36. The molecule has 0 heterocycles. The standard InChI is InChI=1S/C13H26BrNO2/c1-3-4-11-15(2)13(17)12(16)9-7-5-6-8-10-14/h12,16H,3-11H2,1-2H3. The van der Waals surface area contributed by atoms with E-state index in [1.54, 1.807) is 11.9 Å². The van der Waals surface area contributed by atoms with Gasteiger partial charge in [-0.05, 0) is 19.3 Å². The average Bonchev–Trinajstić information content (AvgIpc) is 2.34. The highest BCUT2D eigenvalue weighted by Gasteiger charge is 2.18. The van der Waals surface area contributed by atoms with E-state index in [2.05, 4.69) is 22.9 Å². The molecular weight excluding hydrogens is 282 g/mol. The van der Waals surface area contributed by atoms with Crippen molar-refractivity contribution in [2.45, 2.75) is 58.0 Å². The zero-order valence-electron chi connectivity index (χ0n) is 11.1. The highest BCUT2D eigenvalue weighted by atomic mass is 79.9. The fourth-order valence-electron chi connectivity index (χ4n) is 1.67. The molecule has 0 bridgehead atoms. The Bertz CT molecular complexity index is 200. The third-order valence-electron chi connectivity index (χ3n) is 2.87. The maximum absolute atomic E-state index is 11.7. The number of amides is 1. The largest absolute Gasteiger partial charge is 0.383 e. The highest BCUT2D eigenvalue weighted by molar-refractivity contribution is 9.09. The topological polar surface area (TPSA) is 40.5 Å². The van der Waals surface area contributed by atoms with Crippen molar-refractivity contribution in [1.82, 2.24) is 4.90 Å². The summed E-state index contributed by atoms with van der Waals surface area (Å²) in [7, 11) is 1.77. The summed E-state index contributed by atoms with van der Waals surface area (Å²) in [6.07, 6.45) is 6.22. The van der Waals surface area contributed by atoms with Gasteiger partial charge in [0.2, 0.25) is 0 Å². The molecule has 0 aliphatic heterocycles. The number of halogens is 1. The lowest BCUT2D eigenvalue weighted by Gasteiger charge is -2.20. The van der Waals surface area contributed by atoms with Crippen LogP contribution in [0.25, 0.3) is 0 Å². The molecule has 0 saturated carbocycles. The van der Waals surface area contributed by atoms with Crippen LogP contribution in [0.4, 0.5) is 0 Å². The first-order valence-corrected chi connectivity index (χ1v) is 7.74. The van der Waals surface area contributed by atoms with E-state index in [9.17, 15) is 9.90 Å². The Hall–Kier alpha value is -0.0900. The Morgan fingerprint density at radius 2 is 1.88 bits per heavy atom. The van der Waals surface area contributed by atoms with Crippen LogP contribution in [0.2, 0.25) is 0 Å². The van der Waals surface area contributed by atoms with Crippen LogP contribution in [0, 0.1) is 0 Å². The van der Waals surface area contributed by atoms with Gasteiger partial charge in [0, 0.05) is 18.9 Å². The van der Waals surface area contributed by atoms with Gasteiger partial charge in [-0.3, -0.25) is 4.79 Å². The molecule has 0 aliphatic rings. The zero-order valence-corrected chi connectivity index (χ0v) is 12.7. The van der Waals surface area contributed by atoms with E-state index in [-0.39, 0.29) is 5.91 Å². The minimum Gasteiger partial charge on any atom is -0.383 e. The second-order valence-electron chi connectivity index (χ2n) is 4.52. The summed E-state index contributed by atoms with van der Waals surface area (Å²) < 4.78 is 0. The number of nitrogens with zero attached hydrogens (tertiary/aromatic N) is 1. The third-order valence-corrected chi connectivity index (χ3v) is 3.43. The van der Waals surface area contributed by atoms with Gasteiger partial charge in [0.25, 0.3) is 5.91 Å². The molecule has 0 aromatic carbocycles. The molecule has 0 aliphatic carbocycles. The van der Waals surface area contributed by atoms with Crippen LogP contribution in [-0.2, 0) is 4.79 Å². The van der Waals surface area contributed by atoms with Crippen LogP contribution in [0.3, 0.4) is 0 Å². The van der Waals surface area contributed by atoms with E-state index in [0.29, 0.717) is 6.42 Å². The number of likely N-dealkylation sites (N-methyl/N-ethyl adjacent to an activating group) is 1. The van der Waals surface area contributed by atoms with Crippen molar-refractivity contribution >= 4 is 21.8 Å². The Morgan fingerprint density at radius 3 is 2.47 bits per heavy atom. The predicted octanol–water partition coefficient (Wildman–Crippen LogP) is 2.95. The predicted molar refractivity (Wildman–Crippen MR) is 75.4 cm³/mol. The first kappa shape index (κ1) is 16.9. The Balaban J connectivity index is 3.65. The molecule has 1 N–H and O–H groups in total. The number of rotatable bonds is 10. The van der Waals surface area contributed by atoms with Gasteiger partial charge in [0.05, 0.1) is 0 Å². The lowest BCUT2D eigenvalue weighted by molar-refractivity contribution is -0.139. The van der Waals surface area contributed by atoms with E-state index in [4.69, 9.17) is 0 Å². The maximum atomic E-state index is 11.7. The van der Waals surface area contributed by atoms with E-state index in [1.165, 1.54) is 6.42 Å². The fourth-order valence-corrected chi connectivity index (χ4v) is 2.07. The number of hydrogen-bond donors (Lipinski definition) is 1. The van der Waals surface area contributed by atoms with Gasteiger partial charge < -0.3 is 10.0 Å². The Labute approximate surface area is 114 Å². The van der Waals surface area contributed by atoms with Gasteiger partial charge in [-0.25, -0.2) is 0 Å². The van der Waals surface area contributed by atoms with Gasteiger partial charge in [-0.15, -0.1) is 0 Å². The van der Waals surface area contributed by atoms with Crippen molar-refractivity contribution < 1.29 is 9.90 Å². The van der Waals surface area contributed by atoms with Crippen molar-refractivity contribution in [2.24, 2.45) is 0 Å². The van der Waals surface area contributed by atoms with Gasteiger partial charge in [-0.1, -0.05) is 48.5 Å². The molecule has 102 valence electrons. The van der Waals surface area contributed by atoms with E-state index < -0.39 is 6.10 Å². The highest BCUT2D eigenvalue weighted by Crippen LogP contribution is 2.08. The number of carbonyl (C=O) groups excluding carboxylic acids is 1. The number of aliphatic hydroxyl groups is 1. The molecule has 3 nitrogen and oxygen atoms in total. The Morgan fingerprint density at radius 1 is 1.24 bits per heavy atom. The fraction of sp³-hybridized carbons (Fsp3) is 0.923. The van der Waals surface area contributed by atoms with Gasteiger partial charge in [0.15, 0.2) is 0 Å². The Kier molecular flexibility index (Phi) is 11.0. The van der Waals surface area contributed by atoms with Crippen LogP contribution in [0.5, 0.6) is 0 Å². The number of alkyl halides is 1. The summed E-state index contributed by atoms with van der Waals surface area (Å²) in [5, 5.41) is 10.8. The molecule has 1 unspecified atom stereocenters. The monoisotopic (exact) mass is 307 g/mol. The average molecular weight is 308 g/mol. The van der Waals surface area contributed by atoms with Crippen LogP contribution < -0.4 is 0 Å². The number of hydrogen-bond acceptors (Lipinski definition) is 2. The normalized spacial score (nSPS) is 12.5. The quantitative estimate of drug-likeness (QED) is 0.498. The summed E-state index contributed by atoms with van der Waals surface area (Å²) in [5.74, 6) is -0.126. The van der Waals surface area contributed by atoms with Crippen LogP contribution >= 0.6 is 15.9 Å². The number of unbranched alkanes of at least 4 members (excludes halogenated alkanes) is 4. The summed E-state index contributed by atoms with van der Waals surface area (Å²) in [5.41, 5.74) is 0. The molecule has 0 aromatic rings. The molecule has 0 aromatic heterocycles. The van der Waals surface area contributed by atoms with Gasteiger partial charge in [0.1, 0.15) is 6.10 Å². The molecule has 0 fully saturated rings. The second kappa shape index (κ2) is 11.0. The minimum atomic E-state index is -0.805. The van der Waals surface area contributed by atoms with Gasteiger partial charge >= 0.3 is 0 Å². The van der Waals surface area contributed by atoms with Crippen LogP contribution in [0.15, 0.2) is 0 Å². The zero-order chi connectivity index (χ0) is 13.1. The van der Waals surface area contributed by atoms with E-state index in [1.807, 2.05) is 0 Å². The minimum absolute atomic E-state index is 0.126. The molecular formula is C13H26BrNO2. The molecule has 0 rings (SSSR count). The van der Waals surface area contributed by atoms with Crippen molar-refractivity contribution in [3.63, 3.8) is 0 Å². The summed E-state index contributed by atoms with van der Waals surface area (Å²) in [6.45, 7) is 2.84. The molecule has 17 heavy (non-hydrogen) atoms. The summed E-state index contributed by atoms with van der Waals surface area (Å²) in [6, 6.07) is 0. The lowest BCUT2D eigenvalue weighted by atomic mass is 10.1. The summed E-state index contributed by atoms with van der Waals surface area (Å²) >= 11 is 3.39. The molecule has 1 amide bonds. The van der Waals surface area contributed by atoms with Crippen molar-refractivity contribution in [3.8, 4) is 0 Å². The van der Waals surface area contributed by atoms with Crippen molar-refractivity contribution in [2.75, 3.05) is 18.9 Å². The first-order chi connectivity index (χ1) is 8.13. The maximum Gasteiger partial charge on any atom is 0.251 e. The summed E-state index contributed by atoms with van der Waals surface area (Å²) in [4.78, 5) is 13.4. The SMILES string of the molecule is CCCCN(C)C(=O)C(O)CCCCCCBr.